The van der Waals surface area contributed by atoms with Crippen LogP contribution in [0.5, 0.6) is 0 Å². The molecule has 2 aromatic carbocycles. The van der Waals surface area contributed by atoms with E-state index in [1.807, 2.05) is 0 Å². The Kier molecular flexibility index (Phi) is 5.36. The Labute approximate surface area is 151 Å². The number of carbonyl (C=O) groups is 1. The lowest BCUT2D eigenvalue weighted by atomic mass is 10.1. The molecule has 1 unspecified atom stereocenters. The van der Waals surface area contributed by atoms with Crippen LogP contribution in [0.1, 0.15) is 22.0 Å². The first-order valence-corrected chi connectivity index (χ1v) is 9.54. The summed E-state index contributed by atoms with van der Waals surface area (Å²) >= 11 is 0. The normalized spacial score (nSPS) is 18.5. The van der Waals surface area contributed by atoms with Gasteiger partial charge in [0.25, 0.3) is 0 Å². The maximum Gasteiger partial charge on any atom is 0.337 e. The van der Waals surface area contributed by atoms with Crippen LogP contribution in [-0.2, 0) is 14.8 Å². The van der Waals surface area contributed by atoms with Crippen molar-refractivity contribution in [1.82, 2.24) is 9.62 Å². The second-order valence-corrected chi connectivity index (χ2v) is 7.80. The van der Waals surface area contributed by atoms with Crippen molar-refractivity contribution in [3.05, 3.63) is 65.5 Å². The summed E-state index contributed by atoms with van der Waals surface area (Å²) < 4.78 is 45.8. The van der Waals surface area contributed by atoms with Gasteiger partial charge in [-0.2, -0.15) is 4.31 Å². The Morgan fingerprint density at radius 2 is 1.96 bits per heavy atom. The van der Waals surface area contributed by atoms with Gasteiger partial charge in [-0.1, -0.05) is 12.1 Å². The molecule has 0 bridgehead atoms. The van der Waals surface area contributed by atoms with Gasteiger partial charge in [0.15, 0.2) is 0 Å². The van der Waals surface area contributed by atoms with Crippen molar-refractivity contribution >= 4 is 16.0 Å². The standard InChI is InChI=1S/C18H19FN2O4S/c1-25-18(22)13-5-7-16(8-6-13)26(23,24)21-10-9-20-12-17(21)14-3-2-4-15(19)11-14/h2-8,11,17,20H,9-10,12H2,1H3. The van der Waals surface area contributed by atoms with Gasteiger partial charge in [-0.05, 0) is 42.0 Å². The Bertz CT molecular complexity index is 900. The maximum absolute atomic E-state index is 13.6. The molecule has 0 radical (unpaired) electrons. The second kappa shape index (κ2) is 7.53. The highest BCUT2D eigenvalue weighted by Crippen LogP contribution is 2.29. The summed E-state index contributed by atoms with van der Waals surface area (Å²) in [4.78, 5) is 11.6. The van der Waals surface area contributed by atoms with Crippen LogP contribution in [-0.4, -0.2) is 45.4 Å². The molecule has 0 saturated carbocycles. The van der Waals surface area contributed by atoms with Gasteiger partial charge in [0.1, 0.15) is 5.82 Å². The number of piperazine rings is 1. The fraction of sp³-hybridized carbons (Fsp3) is 0.278. The lowest BCUT2D eigenvalue weighted by Crippen LogP contribution is -2.48. The fourth-order valence-electron chi connectivity index (χ4n) is 2.99. The van der Waals surface area contributed by atoms with Crippen molar-refractivity contribution in [2.75, 3.05) is 26.7 Å². The first-order chi connectivity index (χ1) is 12.4. The monoisotopic (exact) mass is 378 g/mol. The van der Waals surface area contributed by atoms with Gasteiger partial charge in [-0.15, -0.1) is 0 Å². The lowest BCUT2D eigenvalue weighted by molar-refractivity contribution is 0.0600. The molecule has 1 aliphatic heterocycles. The number of hydrogen-bond donors (Lipinski definition) is 1. The number of ether oxygens (including phenoxy) is 1. The Balaban J connectivity index is 1.94. The molecule has 0 aliphatic carbocycles. The number of rotatable bonds is 4. The molecule has 1 saturated heterocycles. The van der Waals surface area contributed by atoms with E-state index in [1.165, 1.54) is 47.8 Å². The minimum Gasteiger partial charge on any atom is -0.465 e. The van der Waals surface area contributed by atoms with E-state index in [0.717, 1.165) is 0 Å². The largest absolute Gasteiger partial charge is 0.465 e. The predicted octanol–water partition coefficient (Wildman–Crippen LogP) is 1.95. The first-order valence-electron chi connectivity index (χ1n) is 8.10. The molecule has 6 nitrogen and oxygen atoms in total. The van der Waals surface area contributed by atoms with E-state index in [4.69, 9.17) is 0 Å². The number of sulfonamides is 1. The molecule has 1 N–H and O–H groups in total. The molecule has 8 heteroatoms. The third-order valence-corrected chi connectivity index (χ3v) is 6.23. The summed E-state index contributed by atoms with van der Waals surface area (Å²) in [7, 11) is -2.54. The molecule has 0 aromatic heterocycles. The van der Waals surface area contributed by atoms with E-state index in [2.05, 4.69) is 10.1 Å². The number of nitrogens with zero attached hydrogens (tertiary/aromatic N) is 1. The van der Waals surface area contributed by atoms with Crippen molar-refractivity contribution in [2.45, 2.75) is 10.9 Å². The highest BCUT2D eigenvalue weighted by molar-refractivity contribution is 7.89. The zero-order valence-electron chi connectivity index (χ0n) is 14.2. The van der Waals surface area contributed by atoms with Gasteiger partial charge >= 0.3 is 5.97 Å². The minimum atomic E-state index is -3.80. The summed E-state index contributed by atoms with van der Waals surface area (Å²) in [6, 6.07) is 11.0. The van der Waals surface area contributed by atoms with E-state index in [1.54, 1.807) is 12.1 Å². The third kappa shape index (κ3) is 3.62. The first kappa shape index (κ1) is 18.5. The number of nitrogens with one attached hydrogen (secondary N) is 1. The van der Waals surface area contributed by atoms with Gasteiger partial charge in [-0.25, -0.2) is 17.6 Å². The van der Waals surface area contributed by atoms with Crippen LogP contribution in [0.4, 0.5) is 4.39 Å². The average molecular weight is 378 g/mol. The molecule has 1 fully saturated rings. The molecule has 1 heterocycles. The van der Waals surface area contributed by atoms with Crippen LogP contribution in [0.25, 0.3) is 0 Å². The van der Waals surface area contributed by atoms with Crippen LogP contribution in [0.2, 0.25) is 0 Å². The van der Waals surface area contributed by atoms with Crippen LogP contribution < -0.4 is 5.32 Å². The number of benzene rings is 2. The average Bonchev–Trinajstić information content (AvgIpc) is 2.67. The van der Waals surface area contributed by atoms with Gasteiger partial charge < -0.3 is 10.1 Å². The fourth-order valence-corrected chi connectivity index (χ4v) is 4.60. The summed E-state index contributed by atoms with van der Waals surface area (Å²) in [5.74, 6) is -0.943. The summed E-state index contributed by atoms with van der Waals surface area (Å²) in [5.41, 5.74) is 0.861. The maximum atomic E-state index is 13.6. The third-order valence-electron chi connectivity index (χ3n) is 4.31. The molecule has 0 amide bonds. The van der Waals surface area contributed by atoms with Crippen LogP contribution >= 0.6 is 0 Å². The van der Waals surface area contributed by atoms with Gasteiger partial charge in [0, 0.05) is 19.6 Å². The van der Waals surface area contributed by atoms with Gasteiger partial charge in [0.05, 0.1) is 23.6 Å². The SMILES string of the molecule is COC(=O)c1ccc(S(=O)(=O)N2CCNCC2c2cccc(F)c2)cc1. The minimum absolute atomic E-state index is 0.0773. The van der Waals surface area contributed by atoms with E-state index >= 15 is 0 Å². The van der Waals surface area contributed by atoms with Crippen molar-refractivity contribution in [2.24, 2.45) is 0 Å². The molecule has 138 valence electrons. The molecule has 0 spiro atoms. The Morgan fingerprint density at radius 1 is 1.23 bits per heavy atom. The number of esters is 1. The summed E-state index contributed by atoms with van der Waals surface area (Å²) in [6.07, 6.45) is 0. The number of hydrogen-bond acceptors (Lipinski definition) is 5. The van der Waals surface area contributed by atoms with Crippen LogP contribution in [0.15, 0.2) is 53.4 Å². The van der Waals surface area contributed by atoms with Gasteiger partial charge in [-0.3, -0.25) is 0 Å². The molecule has 26 heavy (non-hydrogen) atoms. The van der Waals surface area contributed by atoms with E-state index in [-0.39, 0.29) is 17.0 Å². The molecular weight excluding hydrogens is 359 g/mol. The zero-order chi connectivity index (χ0) is 18.7. The highest BCUT2D eigenvalue weighted by Gasteiger charge is 2.34. The summed E-state index contributed by atoms with van der Waals surface area (Å²) in [6.45, 7) is 1.16. The second-order valence-electron chi connectivity index (χ2n) is 5.91. The number of halogens is 1. The highest BCUT2D eigenvalue weighted by atomic mass is 32.2. The number of methoxy groups -OCH3 is 1. The van der Waals surface area contributed by atoms with Crippen molar-refractivity contribution in [3.63, 3.8) is 0 Å². The molecule has 2 aromatic rings. The van der Waals surface area contributed by atoms with Crippen LogP contribution in [0.3, 0.4) is 0 Å². The molecule has 3 rings (SSSR count). The smallest absolute Gasteiger partial charge is 0.337 e. The summed E-state index contributed by atoms with van der Waals surface area (Å²) in [5, 5.41) is 3.15. The Hall–Kier alpha value is -2.29. The molecule has 1 aliphatic rings. The predicted molar refractivity (Wildman–Crippen MR) is 93.7 cm³/mol. The zero-order valence-corrected chi connectivity index (χ0v) is 15.0. The van der Waals surface area contributed by atoms with E-state index < -0.39 is 27.9 Å². The Morgan fingerprint density at radius 3 is 2.62 bits per heavy atom. The quantitative estimate of drug-likeness (QED) is 0.823. The topological polar surface area (TPSA) is 75.7 Å². The van der Waals surface area contributed by atoms with Crippen molar-refractivity contribution in [3.8, 4) is 0 Å². The lowest BCUT2D eigenvalue weighted by Gasteiger charge is -2.35. The number of carbonyl (C=O) groups excluding carboxylic acids is 1. The van der Waals surface area contributed by atoms with Crippen molar-refractivity contribution < 1.29 is 22.3 Å². The molecule has 1 atom stereocenters. The van der Waals surface area contributed by atoms with E-state index in [0.29, 0.717) is 18.7 Å². The van der Waals surface area contributed by atoms with Crippen molar-refractivity contribution in [1.29, 1.82) is 0 Å². The van der Waals surface area contributed by atoms with E-state index in [9.17, 15) is 17.6 Å². The van der Waals surface area contributed by atoms with Crippen LogP contribution in [0, 0.1) is 5.82 Å². The molecular formula is C18H19FN2O4S. The van der Waals surface area contributed by atoms with Gasteiger partial charge in [0.2, 0.25) is 10.0 Å².